The minimum Gasteiger partial charge on any atom is -0.381 e. The lowest BCUT2D eigenvalue weighted by Gasteiger charge is -2.34. The van der Waals surface area contributed by atoms with E-state index >= 15 is 0 Å². The fourth-order valence-corrected chi connectivity index (χ4v) is 1.57. The Morgan fingerprint density at radius 2 is 2.07 bits per heavy atom. The molecular formula is C10H20N2O2. The average molecular weight is 200 g/mol. The van der Waals surface area contributed by atoms with Crippen molar-refractivity contribution in [3.8, 4) is 0 Å². The molecule has 1 aliphatic heterocycles. The first kappa shape index (κ1) is 11.5. The fraction of sp³-hybridized carbons (Fsp3) is 0.900. The fourth-order valence-electron chi connectivity index (χ4n) is 1.57. The molecule has 0 radical (unpaired) electrons. The summed E-state index contributed by atoms with van der Waals surface area (Å²) in [6.07, 6.45) is 1.82. The van der Waals surface area contributed by atoms with E-state index in [1.54, 1.807) is 0 Å². The van der Waals surface area contributed by atoms with Crippen molar-refractivity contribution in [2.75, 3.05) is 26.3 Å². The second-order valence-corrected chi connectivity index (χ2v) is 4.00. The Labute approximate surface area is 85.4 Å². The van der Waals surface area contributed by atoms with Crippen molar-refractivity contribution in [2.24, 2.45) is 0 Å². The maximum absolute atomic E-state index is 11.5. The SMILES string of the molecule is CCNCC(=O)NC1(C)CCOCC1. The molecule has 1 amide bonds. The second kappa shape index (κ2) is 5.32. The summed E-state index contributed by atoms with van der Waals surface area (Å²) in [5.41, 5.74) is -0.0647. The highest BCUT2D eigenvalue weighted by molar-refractivity contribution is 5.78. The molecule has 1 aliphatic rings. The molecule has 0 unspecified atom stereocenters. The Bertz CT molecular complexity index is 189. The van der Waals surface area contributed by atoms with E-state index in [2.05, 4.69) is 17.6 Å². The van der Waals surface area contributed by atoms with Crippen LogP contribution in [0.5, 0.6) is 0 Å². The minimum atomic E-state index is -0.0647. The first-order chi connectivity index (χ1) is 6.66. The number of carbonyl (C=O) groups excluding carboxylic acids is 1. The summed E-state index contributed by atoms with van der Waals surface area (Å²) in [5, 5.41) is 6.06. The number of rotatable bonds is 4. The number of hydrogen-bond donors (Lipinski definition) is 2. The van der Waals surface area contributed by atoms with Gasteiger partial charge in [0.25, 0.3) is 0 Å². The topological polar surface area (TPSA) is 50.4 Å². The van der Waals surface area contributed by atoms with Gasteiger partial charge >= 0.3 is 0 Å². The Kier molecular flexibility index (Phi) is 4.35. The molecule has 0 aliphatic carbocycles. The molecule has 0 bridgehead atoms. The average Bonchev–Trinajstić information content (AvgIpc) is 2.15. The number of likely N-dealkylation sites (N-methyl/N-ethyl adjacent to an activating group) is 1. The zero-order chi connectivity index (χ0) is 10.4. The van der Waals surface area contributed by atoms with Gasteiger partial charge in [0.15, 0.2) is 0 Å². The van der Waals surface area contributed by atoms with E-state index in [4.69, 9.17) is 4.74 Å². The molecule has 2 N–H and O–H groups in total. The molecule has 1 fully saturated rings. The molecule has 82 valence electrons. The molecule has 0 saturated carbocycles. The van der Waals surface area contributed by atoms with Crippen LogP contribution in [-0.2, 0) is 9.53 Å². The minimum absolute atomic E-state index is 0.0647. The lowest BCUT2D eigenvalue weighted by Crippen LogP contribution is -2.51. The first-order valence-electron chi connectivity index (χ1n) is 5.26. The van der Waals surface area contributed by atoms with E-state index in [0.717, 1.165) is 32.6 Å². The van der Waals surface area contributed by atoms with Crippen molar-refractivity contribution < 1.29 is 9.53 Å². The van der Waals surface area contributed by atoms with Gasteiger partial charge in [-0.3, -0.25) is 4.79 Å². The molecule has 4 nitrogen and oxygen atoms in total. The van der Waals surface area contributed by atoms with Crippen LogP contribution in [0.25, 0.3) is 0 Å². The zero-order valence-electron chi connectivity index (χ0n) is 9.06. The highest BCUT2D eigenvalue weighted by atomic mass is 16.5. The molecule has 1 saturated heterocycles. The lowest BCUT2D eigenvalue weighted by molar-refractivity contribution is -0.123. The highest BCUT2D eigenvalue weighted by Gasteiger charge is 2.28. The number of carbonyl (C=O) groups is 1. The Morgan fingerprint density at radius 3 is 2.64 bits per heavy atom. The molecular weight excluding hydrogens is 180 g/mol. The standard InChI is InChI=1S/C10H20N2O2/c1-3-11-8-9(13)12-10(2)4-6-14-7-5-10/h11H,3-8H2,1-2H3,(H,12,13). The van der Waals surface area contributed by atoms with Gasteiger partial charge in [-0.2, -0.15) is 0 Å². The molecule has 1 heterocycles. The number of hydrogen-bond acceptors (Lipinski definition) is 3. The smallest absolute Gasteiger partial charge is 0.234 e. The zero-order valence-corrected chi connectivity index (χ0v) is 9.06. The van der Waals surface area contributed by atoms with E-state index in [1.165, 1.54) is 0 Å². The maximum atomic E-state index is 11.5. The predicted molar refractivity (Wildman–Crippen MR) is 55.1 cm³/mol. The van der Waals surface area contributed by atoms with Crippen LogP contribution in [0.15, 0.2) is 0 Å². The van der Waals surface area contributed by atoms with E-state index < -0.39 is 0 Å². The van der Waals surface area contributed by atoms with Crippen LogP contribution >= 0.6 is 0 Å². The van der Waals surface area contributed by atoms with Crippen molar-refractivity contribution in [1.82, 2.24) is 10.6 Å². The van der Waals surface area contributed by atoms with Gasteiger partial charge in [0.1, 0.15) is 0 Å². The van der Waals surface area contributed by atoms with Crippen LogP contribution in [0, 0.1) is 0 Å². The predicted octanol–water partition coefficient (Wildman–Crippen LogP) is 0.281. The summed E-state index contributed by atoms with van der Waals surface area (Å²) in [6, 6.07) is 0. The van der Waals surface area contributed by atoms with Gasteiger partial charge in [-0.1, -0.05) is 6.92 Å². The van der Waals surface area contributed by atoms with E-state index in [-0.39, 0.29) is 11.4 Å². The van der Waals surface area contributed by atoms with Gasteiger partial charge in [-0.05, 0) is 26.3 Å². The molecule has 0 atom stereocenters. The number of nitrogens with one attached hydrogen (secondary N) is 2. The third kappa shape index (κ3) is 3.64. The van der Waals surface area contributed by atoms with Crippen LogP contribution in [0.1, 0.15) is 26.7 Å². The summed E-state index contributed by atoms with van der Waals surface area (Å²) in [4.78, 5) is 11.5. The van der Waals surface area contributed by atoms with Crippen molar-refractivity contribution in [2.45, 2.75) is 32.2 Å². The third-order valence-electron chi connectivity index (χ3n) is 2.57. The largest absolute Gasteiger partial charge is 0.381 e. The Hall–Kier alpha value is -0.610. The quantitative estimate of drug-likeness (QED) is 0.685. The van der Waals surface area contributed by atoms with Crippen molar-refractivity contribution in [1.29, 1.82) is 0 Å². The van der Waals surface area contributed by atoms with Crippen LogP contribution < -0.4 is 10.6 Å². The van der Waals surface area contributed by atoms with Gasteiger partial charge < -0.3 is 15.4 Å². The van der Waals surface area contributed by atoms with Crippen LogP contribution in [0.2, 0.25) is 0 Å². The van der Waals surface area contributed by atoms with Crippen LogP contribution in [0.4, 0.5) is 0 Å². The second-order valence-electron chi connectivity index (χ2n) is 4.00. The molecule has 14 heavy (non-hydrogen) atoms. The van der Waals surface area contributed by atoms with Crippen LogP contribution in [-0.4, -0.2) is 37.7 Å². The first-order valence-corrected chi connectivity index (χ1v) is 5.26. The molecule has 0 aromatic heterocycles. The van der Waals surface area contributed by atoms with Gasteiger partial charge in [-0.25, -0.2) is 0 Å². The van der Waals surface area contributed by atoms with E-state index in [1.807, 2.05) is 6.92 Å². The van der Waals surface area contributed by atoms with Crippen molar-refractivity contribution in [3.63, 3.8) is 0 Å². The highest BCUT2D eigenvalue weighted by Crippen LogP contribution is 2.19. The van der Waals surface area contributed by atoms with E-state index in [0.29, 0.717) is 6.54 Å². The van der Waals surface area contributed by atoms with Crippen molar-refractivity contribution >= 4 is 5.91 Å². The Balaban J connectivity index is 2.29. The molecule has 0 aromatic rings. The summed E-state index contributed by atoms with van der Waals surface area (Å²) in [7, 11) is 0. The molecule has 4 heteroatoms. The molecule has 1 rings (SSSR count). The number of ether oxygens (including phenoxy) is 1. The molecule has 0 spiro atoms. The third-order valence-corrected chi connectivity index (χ3v) is 2.57. The van der Waals surface area contributed by atoms with Gasteiger partial charge in [-0.15, -0.1) is 0 Å². The van der Waals surface area contributed by atoms with Gasteiger partial charge in [0, 0.05) is 18.8 Å². The van der Waals surface area contributed by atoms with Crippen molar-refractivity contribution in [3.05, 3.63) is 0 Å². The molecule has 0 aromatic carbocycles. The summed E-state index contributed by atoms with van der Waals surface area (Å²) >= 11 is 0. The van der Waals surface area contributed by atoms with Crippen LogP contribution in [0.3, 0.4) is 0 Å². The van der Waals surface area contributed by atoms with Gasteiger partial charge in [0.2, 0.25) is 5.91 Å². The van der Waals surface area contributed by atoms with Gasteiger partial charge in [0.05, 0.1) is 6.54 Å². The Morgan fingerprint density at radius 1 is 1.43 bits per heavy atom. The lowest BCUT2D eigenvalue weighted by atomic mass is 9.92. The normalized spacial score (nSPS) is 20.4. The van der Waals surface area contributed by atoms with E-state index in [9.17, 15) is 4.79 Å². The summed E-state index contributed by atoms with van der Waals surface area (Å²) in [5.74, 6) is 0.0799. The number of amides is 1. The maximum Gasteiger partial charge on any atom is 0.234 e. The summed E-state index contributed by atoms with van der Waals surface area (Å²) in [6.45, 7) is 6.80. The monoisotopic (exact) mass is 200 g/mol. The summed E-state index contributed by atoms with van der Waals surface area (Å²) < 4.78 is 5.26.